The SMILES string of the molecule is CCCNC1CCN(C2(CC#N)CN([S+](N)[O-])C2)CC1. The van der Waals surface area contributed by atoms with Gasteiger partial charge in [0.1, 0.15) is 11.5 Å². The Balaban J connectivity index is 1.86. The van der Waals surface area contributed by atoms with Crippen molar-refractivity contribution >= 4 is 11.5 Å². The molecule has 0 radical (unpaired) electrons. The van der Waals surface area contributed by atoms with E-state index in [0.29, 0.717) is 25.6 Å². The molecule has 2 heterocycles. The van der Waals surface area contributed by atoms with Gasteiger partial charge in [0, 0.05) is 19.1 Å². The quantitative estimate of drug-likeness (QED) is 0.669. The summed E-state index contributed by atoms with van der Waals surface area (Å²) in [5.74, 6) is 0. The van der Waals surface area contributed by atoms with E-state index in [1.165, 1.54) is 0 Å². The van der Waals surface area contributed by atoms with Crippen LogP contribution in [0.1, 0.15) is 32.6 Å². The van der Waals surface area contributed by atoms with Gasteiger partial charge in [0.05, 0.1) is 31.1 Å². The van der Waals surface area contributed by atoms with Crippen LogP contribution in [0.15, 0.2) is 0 Å². The number of hydrogen-bond donors (Lipinski definition) is 2. The molecule has 0 amide bonds. The monoisotopic (exact) mass is 299 g/mol. The molecule has 0 spiro atoms. The first-order valence-corrected chi connectivity index (χ1v) is 8.55. The van der Waals surface area contributed by atoms with Crippen molar-refractivity contribution < 1.29 is 4.55 Å². The zero-order valence-corrected chi connectivity index (χ0v) is 13.0. The lowest BCUT2D eigenvalue weighted by Crippen LogP contribution is -2.72. The van der Waals surface area contributed by atoms with E-state index >= 15 is 0 Å². The van der Waals surface area contributed by atoms with Gasteiger partial charge in [-0.25, -0.2) is 0 Å². The van der Waals surface area contributed by atoms with Crippen molar-refractivity contribution in [2.75, 3.05) is 32.7 Å². The molecule has 1 unspecified atom stereocenters. The van der Waals surface area contributed by atoms with Gasteiger partial charge in [-0.2, -0.15) is 5.26 Å². The van der Waals surface area contributed by atoms with Crippen LogP contribution in [0.5, 0.6) is 0 Å². The first kappa shape index (κ1) is 16.0. The summed E-state index contributed by atoms with van der Waals surface area (Å²) in [5.41, 5.74) is -0.125. The van der Waals surface area contributed by atoms with Gasteiger partial charge in [0.15, 0.2) is 0 Å². The van der Waals surface area contributed by atoms with Crippen LogP contribution in [0.3, 0.4) is 0 Å². The van der Waals surface area contributed by atoms with Crippen LogP contribution in [-0.4, -0.2) is 58.1 Å². The number of nitriles is 1. The second-order valence-electron chi connectivity index (χ2n) is 5.85. The lowest BCUT2D eigenvalue weighted by molar-refractivity contribution is -0.0254. The summed E-state index contributed by atoms with van der Waals surface area (Å²) in [6.07, 6.45) is 3.90. The second-order valence-corrected chi connectivity index (χ2v) is 6.92. The Hall–Kier alpha value is -0.360. The van der Waals surface area contributed by atoms with Gasteiger partial charge in [0.25, 0.3) is 0 Å². The minimum absolute atomic E-state index is 0.125. The largest absolute Gasteiger partial charge is 0.579 e. The van der Waals surface area contributed by atoms with Gasteiger partial charge in [-0.3, -0.25) is 4.90 Å². The lowest BCUT2D eigenvalue weighted by atomic mass is 9.84. The van der Waals surface area contributed by atoms with E-state index in [-0.39, 0.29) is 5.54 Å². The summed E-state index contributed by atoms with van der Waals surface area (Å²) in [6.45, 7) is 6.57. The summed E-state index contributed by atoms with van der Waals surface area (Å²) in [4.78, 5) is 2.41. The van der Waals surface area contributed by atoms with Crippen molar-refractivity contribution in [1.82, 2.24) is 14.5 Å². The molecule has 0 bridgehead atoms. The summed E-state index contributed by atoms with van der Waals surface area (Å²) in [6, 6.07) is 2.89. The molecule has 7 heteroatoms. The van der Waals surface area contributed by atoms with E-state index in [0.717, 1.165) is 38.9 Å². The van der Waals surface area contributed by atoms with Gasteiger partial charge in [-0.15, -0.1) is 9.44 Å². The normalized spacial score (nSPS) is 25.9. The highest BCUT2D eigenvalue weighted by atomic mass is 32.2. The van der Waals surface area contributed by atoms with Crippen LogP contribution in [0.2, 0.25) is 0 Å². The number of hydrogen-bond acceptors (Lipinski definition) is 6. The fourth-order valence-electron chi connectivity index (χ4n) is 3.21. The minimum Gasteiger partial charge on any atom is -0.579 e. The van der Waals surface area contributed by atoms with E-state index in [4.69, 9.17) is 10.4 Å². The van der Waals surface area contributed by atoms with E-state index in [1.807, 2.05) is 0 Å². The van der Waals surface area contributed by atoms with Gasteiger partial charge in [-0.05, 0) is 25.8 Å². The standard InChI is InChI=1S/C13H25N5OS/c1-2-7-16-12-3-8-17(9-4-12)13(5-6-14)10-18(11-13)20(15)19/h12,16H,2-5,7-11,15H2,1H3. The number of likely N-dealkylation sites (tertiary alicyclic amines) is 1. The van der Waals surface area contributed by atoms with Gasteiger partial charge in [-0.1, -0.05) is 6.92 Å². The number of nitrogens with two attached hydrogens (primary N) is 1. The molecule has 2 aliphatic rings. The zero-order valence-electron chi connectivity index (χ0n) is 12.2. The van der Waals surface area contributed by atoms with E-state index in [2.05, 4.69) is 23.2 Å². The molecule has 2 saturated heterocycles. The number of nitrogens with zero attached hydrogens (tertiary/aromatic N) is 3. The fraction of sp³-hybridized carbons (Fsp3) is 0.923. The summed E-state index contributed by atoms with van der Waals surface area (Å²) < 4.78 is 13.0. The molecule has 0 aromatic rings. The average Bonchev–Trinajstić information content (AvgIpc) is 2.40. The maximum absolute atomic E-state index is 11.3. The fourth-order valence-corrected chi connectivity index (χ4v) is 3.95. The maximum atomic E-state index is 11.3. The topological polar surface area (TPSA) is 91.4 Å². The Kier molecular flexibility index (Phi) is 5.66. The van der Waals surface area contributed by atoms with E-state index < -0.39 is 11.5 Å². The molecule has 0 aromatic carbocycles. The van der Waals surface area contributed by atoms with Crippen molar-refractivity contribution in [1.29, 1.82) is 5.26 Å². The van der Waals surface area contributed by atoms with Crippen molar-refractivity contribution in [3.63, 3.8) is 0 Å². The Bertz CT molecular complexity index is 345. The third-order valence-electron chi connectivity index (χ3n) is 4.45. The highest BCUT2D eigenvalue weighted by Gasteiger charge is 2.52. The molecule has 2 rings (SSSR count). The van der Waals surface area contributed by atoms with Crippen LogP contribution in [0, 0.1) is 11.3 Å². The van der Waals surface area contributed by atoms with E-state index in [1.54, 1.807) is 4.31 Å². The second kappa shape index (κ2) is 7.07. The molecule has 20 heavy (non-hydrogen) atoms. The molecule has 6 nitrogen and oxygen atoms in total. The Labute approximate surface area is 124 Å². The van der Waals surface area contributed by atoms with Crippen molar-refractivity contribution in [2.24, 2.45) is 5.14 Å². The van der Waals surface area contributed by atoms with Crippen molar-refractivity contribution in [3.8, 4) is 6.07 Å². The highest BCUT2D eigenvalue weighted by molar-refractivity contribution is 7.86. The Morgan fingerprint density at radius 2 is 2.10 bits per heavy atom. The predicted octanol–water partition coefficient (Wildman–Crippen LogP) is -0.0441. The third kappa shape index (κ3) is 3.45. The molecule has 2 aliphatic heterocycles. The molecule has 0 saturated carbocycles. The summed E-state index contributed by atoms with van der Waals surface area (Å²) >= 11 is -1.40. The average molecular weight is 299 g/mol. The molecule has 3 N–H and O–H groups in total. The van der Waals surface area contributed by atoms with E-state index in [9.17, 15) is 4.55 Å². The van der Waals surface area contributed by atoms with Crippen molar-refractivity contribution in [3.05, 3.63) is 0 Å². The van der Waals surface area contributed by atoms with Gasteiger partial charge >= 0.3 is 0 Å². The molecular weight excluding hydrogens is 274 g/mol. The number of rotatable bonds is 6. The number of nitrogens with one attached hydrogen (secondary N) is 1. The molecular formula is C13H25N5OS. The Morgan fingerprint density at radius 3 is 2.60 bits per heavy atom. The third-order valence-corrected chi connectivity index (χ3v) is 5.22. The molecule has 0 aliphatic carbocycles. The van der Waals surface area contributed by atoms with Crippen LogP contribution >= 0.6 is 0 Å². The van der Waals surface area contributed by atoms with Crippen LogP contribution in [0.25, 0.3) is 0 Å². The van der Waals surface area contributed by atoms with Gasteiger partial charge in [0.2, 0.25) is 0 Å². The van der Waals surface area contributed by atoms with Crippen LogP contribution in [0.4, 0.5) is 0 Å². The molecule has 1 atom stereocenters. The van der Waals surface area contributed by atoms with Crippen LogP contribution < -0.4 is 10.5 Å². The highest BCUT2D eigenvalue weighted by Crippen LogP contribution is 2.34. The minimum atomic E-state index is -1.40. The first-order valence-electron chi connectivity index (χ1n) is 7.38. The first-order chi connectivity index (χ1) is 9.61. The predicted molar refractivity (Wildman–Crippen MR) is 79.8 cm³/mol. The smallest absolute Gasteiger partial charge is 0.135 e. The zero-order chi connectivity index (χ0) is 14.6. The molecule has 2 fully saturated rings. The summed E-state index contributed by atoms with van der Waals surface area (Å²) in [5, 5.41) is 18.1. The lowest BCUT2D eigenvalue weighted by Gasteiger charge is -2.54. The maximum Gasteiger partial charge on any atom is 0.135 e. The number of piperidine rings is 1. The summed E-state index contributed by atoms with van der Waals surface area (Å²) in [7, 11) is 0. The van der Waals surface area contributed by atoms with Gasteiger partial charge < -0.3 is 9.87 Å². The molecule has 114 valence electrons. The van der Waals surface area contributed by atoms with Crippen LogP contribution in [-0.2, 0) is 11.5 Å². The molecule has 0 aromatic heterocycles. The van der Waals surface area contributed by atoms with Crippen molar-refractivity contribution in [2.45, 2.75) is 44.2 Å². The Morgan fingerprint density at radius 1 is 1.45 bits per heavy atom.